The van der Waals surface area contributed by atoms with Crippen LogP contribution in [0.3, 0.4) is 0 Å². The molecule has 2 aliphatic rings. The van der Waals surface area contributed by atoms with Crippen LogP contribution in [-0.2, 0) is 16.0 Å². The van der Waals surface area contributed by atoms with Crippen LogP contribution in [0, 0.1) is 6.92 Å². The molecule has 2 aromatic rings. The van der Waals surface area contributed by atoms with E-state index in [4.69, 9.17) is 11.6 Å². The largest absolute Gasteiger partial charge is 0.340 e. The standard InChI is InChI=1S/C24H30ClN3O2S/c1-17-6-3-4-7-19(17)23-20-9-15-31-21(20)8-12-28(23)18(2)24(30)27-11-5-10-26(13-14-27)22(29)16-25/h3-4,6-7,9,15,18,23H,5,8,10-14,16H2,1-2H3/t18-,23+/m0/s1. The van der Waals surface area contributed by atoms with Gasteiger partial charge in [0.1, 0.15) is 5.88 Å². The maximum Gasteiger partial charge on any atom is 0.239 e. The Hall–Kier alpha value is -1.89. The van der Waals surface area contributed by atoms with Gasteiger partial charge >= 0.3 is 0 Å². The number of hydrogen-bond donors (Lipinski definition) is 0. The fourth-order valence-corrected chi connectivity index (χ4v) is 5.94. The molecular formula is C24H30ClN3O2S. The van der Waals surface area contributed by atoms with Crippen molar-refractivity contribution in [1.82, 2.24) is 14.7 Å². The van der Waals surface area contributed by atoms with Crippen LogP contribution in [-0.4, -0.2) is 71.2 Å². The van der Waals surface area contributed by atoms with Gasteiger partial charge in [-0.3, -0.25) is 14.5 Å². The van der Waals surface area contributed by atoms with Crippen molar-refractivity contribution in [2.24, 2.45) is 0 Å². The van der Waals surface area contributed by atoms with Crippen LogP contribution in [0.15, 0.2) is 35.7 Å². The number of nitrogens with zero attached hydrogens (tertiary/aromatic N) is 3. The Morgan fingerprint density at radius 3 is 2.58 bits per heavy atom. The van der Waals surface area contributed by atoms with Gasteiger partial charge in [0, 0.05) is 37.6 Å². The molecule has 0 spiro atoms. The van der Waals surface area contributed by atoms with E-state index in [-0.39, 0.29) is 29.8 Å². The summed E-state index contributed by atoms with van der Waals surface area (Å²) in [6.07, 6.45) is 1.77. The molecule has 31 heavy (non-hydrogen) atoms. The molecule has 1 fully saturated rings. The quantitative estimate of drug-likeness (QED) is 0.655. The summed E-state index contributed by atoms with van der Waals surface area (Å²) in [5.41, 5.74) is 3.86. The summed E-state index contributed by atoms with van der Waals surface area (Å²) in [4.78, 5) is 33.1. The summed E-state index contributed by atoms with van der Waals surface area (Å²) in [5.74, 6) is 0.0984. The number of rotatable bonds is 4. The molecule has 0 unspecified atom stereocenters. The minimum absolute atomic E-state index is 0.000786. The maximum absolute atomic E-state index is 13.6. The number of carbonyl (C=O) groups excluding carboxylic acids is 2. The lowest BCUT2D eigenvalue weighted by molar-refractivity contribution is -0.137. The Labute approximate surface area is 193 Å². The molecule has 4 rings (SSSR count). The highest BCUT2D eigenvalue weighted by atomic mass is 35.5. The first-order valence-electron chi connectivity index (χ1n) is 11.0. The Morgan fingerprint density at radius 1 is 1.06 bits per heavy atom. The summed E-state index contributed by atoms with van der Waals surface area (Å²) in [5, 5.41) is 2.17. The number of alkyl halides is 1. The van der Waals surface area contributed by atoms with Crippen molar-refractivity contribution in [1.29, 1.82) is 0 Å². The van der Waals surface area contributed by atoms with Crippen LogP contribution in [0.25, 0.3) is 0 Å². The fraction of sp³-hybridized carbons (Fsp3) is 0.500. The lowest BCUT2D eigenvalue weighted by Crippen LogP contribution is -2.51. The molecular weight excluding hydrogens is 430 g/mol. The molecule has 0 bridgehead atoms. The van der Waals surface area contributed by atoms with Gasteiger partial charge < -0.3 is 9.80 Å². The summed E-state index contributed by atoms with van der Waals surface area (Å²) in [6, 6.07) is 10.6. The molecule has 2 atom stereocenters. The first-order chi connectivity index (χ1) is 15.0. The van der Waals surface area contributed by atoms with Gasteiger partial charge in [0.15, 0.2) is 0 Å². The normalized spacial score (nSPS) is 20.8. The lowest BCUT2D eigenvalue weighted by Gasteiger charge is -2.41. The second-order valence-corrected chi connectivity index (χ2v) is 9.68. The minimum atomic E-state index is -0.229. The SMILES string of the molecule is Cc1ccccc1[C@@H]1c2ccsc2CCN1[C@@H](C)C(=O)N1CCCN(C(=O)CCl)CC1. The average molecular weight is 460 g/mol. The number of fused-ring (bicyclic) bond motifs is 1. The molecule has 1 aromatic heterocycles. The number of aryl methyl sites for hydroxylation is 1. The number of hydrogen-bond acceptors (Lipinski definition) is 4. The van der Waals surface area contributed by atoms with E-state index in [1.807, 2.05) is 23.2 Å². The first kappa shape index (κ1) is 22.3. The number of carbonyl (C=O) groups is 2. The molecule has 2 amide bonds. The van der Waals surface area contributed by atoms with Gasteiger partial charge in [0.25, 0.3) is 0 Å². The van der Waals surface area contributed by atoms with E-state index in [1.165, 1.54) is 21.6 Å². The zero-order valence-electron chi connectivity index (χ0n) is 18.2. The monoisotopic (exact) mass is 459 g/mol. The van der Waals surface area contributed by atoms with Crippen molar-refractivity contribution in [3.63, 3.8) is 0 Å². The molecule has 0 radical (unpaired) electrons. The Bertz CT molecular complexity index is 946. The first-order valence-corrected chi connectivity index (χ1v) is 12.4. The van der Waals surface area contributed by atoms with Crippen molar-refractivity contribution in [3.8, 4) is 0 Å². The van der Waals surface area contributed by atoms with Crippen molar-refractivity contribution in [3.05, 3.63) is 57.3 Å². The summed E-state index contributed by atoms with van der Waals surface area (Å²) in [6.45, 7) is 7.53. The molecule has 3 heterocycles. The minimum Gasteiger partial charge on any atom is -0.340 e. The van der Waals surface area contributed by atoms with Gasteiger partial charge in [-0.1, -0.05) is 24.3 Å². The number of thiophene rings is 1. The predicted molar refractivity (Wildman–Crippen MR) is 126 cm³/mol. The lowest BCUT2D eigenvalue weighted by atomic mass is 9.89. The number of benzene rings is 1. The van der Waals surface area contributed by atoms with E-state index in [2.05, 4.69) is 47.5 Å². The predicted octanol–water partition coefficient (Wildman–Crippen LogP) is 3.69. The number of halogens is 1. The van der Waals surface area contributed by atoms with Crippen LogP contribution >= 0.6 is 22.9 Å². The molecule has 7 heteroatoms. The zero-order chi connectivity index (χ0) is 22.0. The summed E-state index contributed by atoms with van der Waals surface area (Å²) >= 11 is 7.55. The smallest absolute Gasteiger partial charge is 0.239 e. The van der Waals surface area contributed by atoms with Crippen molar-refractivity contribution in [2.75, 3.05) is 38.6 Å². The highest BCUT2D eigenvalue weighted by molar-refractivity contribution is 7.10. The molecule has 0 aliphatic carbocycles. The summed E-state index contributed by atoms with van der Waals surface area (Å²) in [7, 11) is 0. The maximum atomic E-state index is 13.6. The highest BCUT2D eigenvalue weighted by Gasteiger charge is 2.37. The zero-order valence-corrected chi connectivity index (χ0v) is 19.8. The van der Waals surface area contributed by atoms with Crippen LogP contribution in [0.4, 0.5) is 0 Å². The molecule has 1 saturated heterocycles. The van der Waals surface area contributed by atoms with Crippen LogP contribution in [0.1, 0.15) is 41.0 Å². The molecule has 1 aromatic carbocycles. The fourth-order valence-electron chi connectivity index (χ4n) is 4.87. The van der Waals surface area contributed by atoms with Crippen molar-refractivity contribution >= 4 is 34.8 Å². The Balaban J connectivity index is 1.56. The van der Waals surface area contributed by atoms with E-state index >= 15 is 0 Å². The van der Waals surface area contributed by atoms with Crippen LogP contribution < -0.4 is 0 Å². The van der Waals surface area contributed by atoms with Gasteiger partial charge in [-0.15, -0.1) is 22.9 Å². The average Bonchev–Trinajstić information content (AvgIpc) is 3.13. The van der Waals surface area contributed by atoms with E-state index in [0.29, 0.717) is 26.2 Å². The topological polar surface area (TPSA) is 43.9 Å². The Kier molecular flexibility index (Phi) is 6.99. The second kappa shape index (κ2) is 9.72. The highest BCUT2D eigenvalue weighted by Crippen LogP contribution is 2.40. The van der Waals surface area contributed by atoms with E-state index in [1.54, 1.807) is 4.90 Å². The molecule has 0 saturated carbocycles. The Morgan fingerprint density at radius 2 is 1.81 bits per heavy atom. The van der Waals surface area contributed by atoms with Gasteiger partial charge in [-0.25, -0.2) is 0 Å². The van der Waals surface area contributed by atoms with Crippen LogP contribution in [0.5, 0.6) is 0 Å². The van der Waals surface area contributed by atoms with Gasteiger partial charge in [0.2, 0.25) is 11.8 Å². The van der Waals surface area contributed by atoms with Crippen LogP contribution in [0.2, 0.25) is 0 Å². The van der Waals surface area contributed by atoms with Gasteiger partial charge in [0.05, 0.1) is 12.1 Å². The van der Waals surface area contributed by atoms with E-state index in [0.717, 1.165) is 19.4 Å². The third-order valence-corrected chi connectivity index (χ3v) is 7.84. The van der Waals surface area contributed by atoms with E-state index in [9.17, 15) is 9.59 Å². The molecule has 0 N–H and O–H groups in total. The van der Waals surface area contributed by atoms with Crippen molar-refractivity contribution in [2.45, 2.75) is 38.8 Å². The molecule has 2 aliphatic heterocycles. The molecule has 5 nitrogen and oxygen atoms in total. The van der Waals surface area contributed by atoms with Gasteiger partial charge in [-0.05, 0) is 54.8 Å². The molecule has 166 valence electrons. The third kappa shape index (κ3) is 4.52. The van der Waals surface area contributed by atoms with E-state index < -0.39 is 0 Å². The number of amides is 2. The third-order valence-electron chi connectivity index (χ3n) is 6.62. The van der Waals surface area contributed by atoms with Crippen molar-refractivity contribution < 1.29 is 9.59 Å². The second-order valence-electron chi connectivity index (χ2n) is 8.42. The van der Waals surface area contributed by atoms with Gasteiger partial charge in [-0.2, -0.15) is 0 Å². The summed E-state index contributed by atoms with van der Waals surface area (Å²) < 4.78 is 0.